The molecule has 1 rings (SSSR count). The lowest BCUT2D eigenvalue weighted by molar-refractivity contribution is 0.0959. The van der Waals surface area contributed by atoms with Crippen molar-refractivity contribution in [3.05, 3.63) is 10.4 Å². The van der Waals surface area contributed by atoms with E-state index < -0.39 is 0 Å². The zero-order chi connectivity index (χ0) is 16.0. The predicted octanol–water partition coefficient (Wildman–Crippen LogP) is 2.04. The maximum absolute atomic E-state index is 12.1. The number of amides is 2. The van der Waals surface area contributed by atoms with Crippen LogP contribution in [-0.2, 0) is 0 Å². The molecule has 1 aromatic heterocycles. The molecular formula is C14H24N4O2S. The van der Waals surface area contributed by atoms with Gasteiger partial charge in [0, 0.05) is 19.6 Å². The summed E-state index contributed by atoms with van der Waals surface area (Å²) in [5.41, 5.74) is 6.61. The van der Waals surface area contributed by atoms with Crippen molar-refractivity contribution in [2.75, 3.05) is 24.6 Å². The van der Waals surface area contributed by atoms with Crippen molar-refractivity contribution in [2.24, 2.45) is 0 Å². The number of rotatable bonds is 7. The highest BCUT2D eigenvalue weighted by Gasteiger charge is 2.25. The number of nitrogen functional groups attached to an aromatic ring is 1. The number of anilines is 2. The number of nitrogens with two attached hydrogens (primary N) is 1. The number of nitrogens with one attached hydrogen (secondary N) is 3. The number of carbonyl (C=O) groups excluding carboxylic acids is 2. The fourth-order valence-corrected chi connectivity index (χ4v) is 3.09. The van der Waals surface area contributed by atoms with Gasteiger partial charge in [0.15, 0.2) is 0 Å². The largest absolute Gasteiger partial charge is 0.397 e. The normalized spacial score (nSPS) is 10.5. The van der Waals surface area contributed by atoms with E-state index in [1.165, 1.54) is 11.3 Å². The molecule has 0 saturated carbocycles. The molecule has 0 aliphatic heterocycles. The topological polar surface area (TPSA) is 96.2 Å². The molecule has 21 heavy (non-hydrogen) atoms. The summed E-state index contributed by atoms with van der Waals surface area (Å²) in [5, 5.41) is 9.26. The SMILES string of the molecule is CCNC(=O)c1sc(NC(CC)CC)c(C(=O)NC)c1N. The van der Waals surface area contributed by atoms with Gasteiger partial charge in [0.1, 0.15) is 9.88 Å². The average molecular weight is 312 g/mol. The number of hydrogen-bond donors (Lipinski definition) is 4. The van der Waals surface area contributed by atoms with Gasteiger partial charge in [-0.15, -0.1) is 11.3 Å². The van der Waals surface area contributed by atoms with Crippen molar-refractivity contribution in [3.8, 4) is 0 Å². The van der Waals surface area contributed by atoms with Crippen LogP contribution < -0.4 is 21.7 Å². The van der Waals surface area contributed by atoms with Crippen molar-refractivity contribution >= 4 is 33.8 Å². The molecule has 0 aliphatic carbocycles. The van der Waals surface area contributed by atoms with Crippen LogP contribution in [0.4, 0.5) is 10.7 Å². The molecule has 0 fully saturated rings. The van der Waals surface area contributed by atoms with Crippen LogP contribution in [0.3, 0.4) is 0 Å². The lowest BCUT2D eigenvalue weighted by atomic mass is 10.1. The maximum Gasteiger partial charge on any atom is 0.263 e. The van der Waals surface area contributed by atoms with E-state index in [2.05, 4.69) is 29.8 Å². The second kappa shape index (κ2) is 7.87. The summed E-state index contributed by atoms with van der Waals surface area (Å²) < 4.78 is 0. The third-order valence-corrected chi connectivity index (χ3v) is 4.40. The molecule has 1 aromatic rings. The molecule has 0 spiro atoms. The molecule has 5 N–H and O–H groups in total. The van der Waals surface area contributed by atoms with Crippen molar-refractivity contribution in [2.45, 2.75) is 39.7 Å². The van der Waals surface area contributed by atoms with E-state index in [-0.39, 0.29) is 23.5 Å². The highest BCUT2D eigenvalue weighted by Crippen LogP contribution is 2.36. The third-order valence-electron chi connectivity index (χ3n) is 3.26. The lowest BCUT2D eigenvalue weighted by Crippen LogP contribution is -2.24. The smallest absolute Gasteiger partial charge is 0.263 e. The second-order valence-corrected chi connectivity index (χ2v) is 5.67. The molecule has 118 valence electrons. The number of thiophene rings is 1. The third kappa shape index (κ3) is 3.87. The van der Waals surface area contributed by atoms with Crippen LogP contribution in [0.1, 0.15) is 53.6 Å². The average Bonchev–Trinajstić information content (AvgIpc) is 2.80. The van der Waals surface area contributed by atoms with Gasteiger partial charge in [0.05, 0.1) is 11.3 Å². The summed E-state index contributed by atoms with van der Waals surface area (Å²) in [5.74, 6) is -0.532. The van der Waals surface area contributed by atoms with E-state index >= 15 is 0 Å². The Labute approximate surface area is 129 Å². The van der Waals surface area contributed by atoms with E-state index in [9.17, 15) is 9.59 Å². The van der Waals surface area contributed by atoms with E-state index in [0.717, 1.165) is 12.8 Å². The minimum atomic E-state index is -0.284. The predicted molar refractivity (Wildman–Crippen MR) is 88.1 cm³/mol. The molecule has 6 nitrogen and oxygen atoms in total. The van der Waals surface area contributed by atoms with Gasteiger partial charge in [-0.1, -0.05) is 13.8 Å². The van der Waals surface area contributed by atoms with Crippen molar-refractivity contribution in [1.82, 2.24) is 10.6 Å². The van der Waals surface area contributed by atoms with E-state index in [0.29, 0.717) is 22.0 Å². The van der Waals surface area contributed by atoms with Crippen LogP contribution in [0.5, 0.6) is 0 Å². The molecule has 0 saturated heterocycles. The second-order valence-electron chi connectivity index (χ2n) is 4.65. The first-order chi connectivity index (χ1) is 9.99. The van der Waals surface area contributed by atoms with Crippen LogP contribution in [0.25, 0.3) is 0 Å². The summed E-state index contributed by atoms with van der Waals surface area (Å²) in [7, 11) is 1.55. The molecule has 0 radical (unpaired) electrons. The standard InChI is InChI=1S/C14H24N4O2S/c1-5-8(6-2)18-14-9(12(19)16-4)10(15)11(21-14)13(20)17-7-3/h8,18H,5-7,15H2,1-4H3,(H,16,19)(H,17,20). The van der Waals surface area contributed by atoms with E-state index in [1.54, 1.807) is 7.05 Å². The van der Waals surface area contributed by atoms with Crippen LogP contribution in [-0.4, -0.2) is 31.4 Å². The van der Waals surface area contributed by atoms with E-state index in [1.807, 2.05) is 6.92 Å². The first-order valence-electron chi connectivity index (χ1n) is 7.19. The fraction of sp³-hybridized carbons (Fsp3) is 0.571. The summed E-state index contributed by atoms with van der Waals surface area (Å²) >= 11 is 1.23. The zero-order valence-electron chi connectivity index (χ0n) is 13.0. The van der Waals surface area contributed by atoms with Crippen LogP contribution in [0.2, 0.25) is 0 Å². The Balaban J connectivity index is 3.24. The maximum atomic E-state index is 12.1. The van der Waals surface area contributed by atoms with Crippen LogP contribution in [0.15, 0.2) is 0 Å². The molecule has 2 amide bonds. The molecule has 0 aliphatic rings. The van der Waals surface area contributed by atoms with Gasteiger partial charge < -0.3 is 21.7 Å². The number of hydrogen-bond acceptors (Lipinski definition) is 5. The number of carbonyl (C=O) groups is 2. The quantitative estimate of drug-likeness (QED) is 0.619. The van der Waals surface area contributed by atoms with Gasteiger partial charge in [-0.2, -0.15) is 0 Å². The molecule has 7 heteroatoms. The van der Waals surface area contributed by atoms with Gasteiger partial charge in [-0.25, -0.2) is 0 Å². The molecule has 0 unspecified atom stereocenters. The van der Waals surface area contributed by atoms with Gasteiger partial charge >= 0.3 is 0 Å². The van der Waals surface area contributed by atoms with Gasteiger partial charge in [0.25, 0.3) is 11.8 Å². The Morgan fingerprint density at radius 2 is 1.81 bits per heavy atom. The Hall–Kier alpha value is -1.76. The highest BCUT2D eigenvalue weighted by atomic mass is 32.1. The minimum Gasteiger partial charge on any atom is -0.397 e. The van der Waals surface area contributed by atoms with Gasteiger partial charge in [-0.3, -0.25) is 9.59 Å². The summed E-state index contributed by atoms with van der Waals surface area (Å²) in [6.07, 6.45) is 1.86. The summed E-state index contributed by atoms with van der Waals surface area (Å²) in [4.78, 5) is 24.5. The first kappa shape index (κ1) is 17.3. The van der Waals surface area contributed by atoms with E-state index in [4.69, 9.17) is 5.73 Å². The van der Waals surface area contributed by atoms with Crippen molar-refractivity contribution in [1.29, 1.82) is 0 Å². The van der Waals surface area contributed by atoms with Crippen molar-refractivity contribution < 1.29 is 9.59 Å². The Morgan fingerprint density at radius 3 is 2.29 bits per heavy atom. The summed E-state index contributed by atoms with van der Waals surface area (Å²) in [6.45, 7) is 6.50. The Morgan fingerprint density at radius 1 is 1.19 bits per heavy atom. The Kier molecular flexibility index (Phi) is 6.48. The molecule has 0 atom stereocenters. The van der Waals surface area contributed by atoms with Crippen molar-refractivity contribution in [3.63, 3.8) is 0 Å². The zero-order valence-corrected chi connectivity index (χ0v) is 13.8. The van der Waals surface area contributed by atoms with Gasteiger partial charge in [0.2, 0.25) is 0 Å². The molecular weight excluding hydrogens is 288 g/mol. The minimum absolute atomic E-state index is 0.235. The molecule has 0 bridgehead atoms. The molecule has 0 aromatic carbocycles. The summed E-state index contributed by atoms with van der Waals surface area (Å²) in [6, 6.07) is 0.244. The lowest BCUT2D eigenvalue weighted by Gasteiger charge is -2.15. The van der Waals surface area contributed by atoms with Crippen LogP contribution in [0, 0.1) is 0 Å². The monoisotopic (exact) mass is 312 g/mol. The first-order valence-corrected chi connectivity index (χ1v) is 8.00. The van der Waals surface area contributed by atoms with Gasteiger partial charge in [-0.05, 0) is 19.8 Å². The Bertz CT molecular complexity index is 509. The highest BCUT2D eigenvalue weighted by molar-refractivity contribution is 7.19. The molecule has 1 heterocycles. The fourth-order valence-electron chi connectivity index (χ4n) is 1.98. The van der Waals surface area contributed by atoms with Crippen LogP contribution >= 0.6 is 11.3 Å².